The Hall–Kier alpha value is -1.99. The molecule has 0 bridgehead atoms. The SMILES string of the molecule is O=C(Nc1nccs1)[C@@H]1CC(=O)N(c2ccc(F)c(Cl)c2)C1. The van der Waals surface area contributed by atoms with E-state index in [0.717, 1.165) is 0 Å². The highest BCUT2D eigenvalue weighted by Gasteiger charge is 2.35. The van der Waals surface area contributed by atoms with Gasteiger partial charge in [-0.1, -0.05) is 11.6 Å². The Morgan fingerprint density at radius 3 is 3.00 bits per heavy atom. The van der Waals surface area contributed by atoms with E-state index < -0.39 is 11.7 Å². The number of hydrogen-bond donors (Lipinski definition) is 1. The number of nitrogens with zero attached hydrogens (tertiary/aromatic N) is 2. The fourth-order valence-electron chi connectivity index (χ4n) is 2.28. The van der Waals surface area contributed by atoms with Crippen LogP contribution in [0.15, 0.2) is 29.8 Å². The van der Waals surface area contributed by atoms with E-state index >= 15 is 0 Å². The predicted octanol–water partition coefficient (Wildman–Crippen LogP) is 2.93. The molecule has 22 heavy (non-hydrogen) atoms. The lowest BCUT2D eigenvalue weighted by molar-refractivity contribution is -0.122. The molecule has 3 rings (SSSR count). The van der Waals surface area contributed by atoms with Crippen LogP contribution in [0.5, 0.6) is 0 Å². The van der Waals surface area contributed by atoms with Crippen molar-refractivity contribution in [2.45, 2.75) is 6.42 Å². The summed E-state index contributed by atoms with van der Waals surface area (Å²) in [6.45, 7) is 0.234. The van der Waals surface area contributed by atoms with E-state index in [1.54, 1.807) is 11.6 Å². The van der Waals surface area contributed by atoms with Crippen LogP contribution in [0.25, 0.3) is 0 Å². The lowest BCUT2D eigenvalue weighted by Gasteiger charge is -2.17. The summed E-state index contributed by atoms with van der Waals surface area (Å²) in [5, 5.41) is 4.88. The van der Waals surface area contributed by atoms with Crippen molar-refractivity contribution in [3.63, 3.8) is 0 Å². The number of amides is 2. The van der Waals surface area contributed by atoms with Gasteiger partial charge in [-0.05, 0) is 18.2 Å². The van der Waals surface area contributed by atoms with Gasteiger partial charge in [0.25, 0.3) is 0 Å². The molecule has 0 unspecified atom stereocenters. The molecule has 1 N–H and O–H groups in total. The van der Waals surface area contributed by atoms with Crippen LogP contribution in [0.1, 0.15) is 6.42 Å². The highest BCUT2D eigenvalue weighted by molar-refractivity contribution is 7.13. The van der Waals surface area contributed by atoms with Gasteiger partial charge in [-0.15, -0.1) is 11.3 Å². The predicted molar refractivity (Wildman–Crippen MR) is 82.6 cm³/mol. The van der Waals surface area contributed by atoms with Gasteiger partial charge in [-0.2, -0.15) is 0 Å². The topological polar surface area (TPSA) is 62.3 Å². The van der Waals surface area contributed by atoms with E-state index in [1.807, 2.05) is 0 Å². The van der Waals surface area contributed by atoms with Crippen molar-refractivity contribution < 1.29 is 14.0 Å². The molecule has 2 amide bonds. The summed E-state index contributed by atoms with van der Waals surface area (Å²) in [6.07, 6.45) is 1.69. The molecule has 1 aliphatic heterocycles. The van der Waals surface area contributed by atoms with Crippen molar-refractivity contribution in [3.05, 3.63) is 40.6 Å². The minimum atomic E-state index is -0.546. The van der Waals surface area contributed by atoms with E-state index in [0.29, 0.717) is 10.8 Å². The monoisotopic (exact) mass is 339 g/mol. The van der Waals surface area contributed by atoms with Gasteiger partial charge in [-0.25, -0.2) is 9.37 Å². The van der Waals surface area contributed by atoms with Crippen molar-refractivity contribution in [1.29, 1.82) is 0 Å². The first-order valence-corrected chi connectivity index (χ1v) is 7.76. The van der Waals surface area contributed by atoms with Gasteiger partial charge in [0.2, 0.25) is 11.8 Å². The number of carbonyl (C=O) groups is 2. The Labute approximate surface area is 134 Å². The lowest BCUT2D eigenvalue weighted by atomic mass is 10.1. The summed E-state index contributed by atoms with van der Waals surface area (Å²) < 4.78 is 13.2. The third kappa shape index (κ3) is 2.95. The highest BCUT2D eigenvalue weighted by atomic mass is 35.5. The second kappa shape index (κ2) is 6.02. The Kier molecular flexibility index (Phi) is 4.08. The molecule has 2 aromatic rings. The first-order valence-electron chi connectivity index (χ1n) is 6.50. The third-order valence-electron chi connectivity index (χ3n) is 3.37. The largest absolute Gasteiger partial charge is 0.312 e. The van der Waals surface area contributed by atoms with Gasteiger partial charge in [-0.3, -0.25) is 9.59 Å². The number of nitrogens with one attached hydrogen (secondary N) is 1. The standard InChI is InChI=1S/C14H11ClFN3O2S/c15-10-6-9(1-2-11(10)16)19-7-8(5-12(19)20)13(21)18-14-17-3-4-22-14/h1-4,6,8H,5,7H2,(H,17,18,21)/t8-/m1/s1. The zero-order chi connectivity index (χ0) is 15.7. The maximum absolute atomic E-state index is 13.2. The van der Waals surface area contributed by atoms with Gasteiger partial charge in [0.1, 0.15) is 5.82 Å². The first-order chi connectivity index (χ1) is 10.5. The lowest BCUT2D eigenvalue weighted by Crippen LogP contribution is -2.28. The summed E-state index contributed by atoms with van der Waals surface area (Å²) >= 11 is 7.05. The summed E-state index contributed by atoms with van der Waals surface area (Å²) in [4.78, 5) is 29.6. The number of rotatable bonds is 3. The van der Waals surface area contributed by atoms with Gasteiger partial charge >= 0.3 is 0 Å². The molecular weight excluding hydrogens is 329 g/mol. The molecule has 1 saturated heterocycles. The fraction of sp³-hybridized carbons (Fsp3) is 0.214. The summed E-state index contributed by atoms with van der Waals surface area (Å²) in [6, 6.07) is 4.06. The average Bonchev–Trinajstić information content (AvgIpc) is 3.11. The number of anilines is 2. The molecule has 0 aliphatic carbocycles. The smallest absolute Gasteiger partial charge is 0.231 e. The van der Waals surface area contributed by atoms with Crippen LogP contribution in [-0.4, -0.2) is 23.3 Å². The van der Waals surface area contributed by atoms with Crippen molar-refractivity contribution >= 4 is 45.6 Å². The first kappa shape index (κ1) is 14.9. The number of thiazole rings is 1. The number of halogens is 2. The Bertz CT molecular complexity index is 723. The van der Waals surface area contributed by atoms with Gasteiger partial charge in [0.05, 0.1) is 10.9 Å². The Balaban J connectivity index is 1.72. The Morgan fingerprint density at radius 1 is 1.50 bits per heavy atom. The maximum atomic E-state index is 13.2. The summed E-state index contributed by atoms with van der Waals surface area (Å²) in [7, 11) is 0. The van der Waals surface area contributed by atoms with Crippen molar-refractivity contribution in [3.8, 4) is 0 Å². The van der Waals surface area contributed by atoms with Crippen LogP contribution in [0.4, 0.5) is 15.2 Å². The average molecular weight is 340 g/mol. The number of carbonyl (C=O) groups excluding carboxylic acids is 2. The maximum Gasteiger partial charge on any atom is 0.231 e. The number of hydrogen-bond acceptors (Lipinski definition) is 4. The quantitative estimate of drug-likeness (QED) is 0.935. The molecule has 0 radical (unpaired) electrons. The molecule has 0 saturated carbocycles. The van der Waals surface area contributed by atoms with Gasteiger partial charge in [0.15, 0.2) is 5.13 Å². The van der Waals surface area contributed by atoms with Crippen molar-refractivity contribution in [2.75, 3.05) is 16.8 Å². The number of aromatic nitrogens is 1. The summed E-state index contributed by atoms with van der Waals surface area (Å²) in [5.41, 5.74) is 0.487. The number of benzene rings is 1. The highest BCUT2D eigenvalue weighted by Crippen LogP contribution is 2.29. The molecule has 1 aliphatic rings. The normalized spacial score (nSPS) is 17.8. The van der Waals surface area contributed by atoms with E-state index in [1.165, 1.54) is 34.4 Å². The second-order valence-corrected chi connectivity index (χ2v) is 6.13. The van der Waals surface area contributed by atoms with Crippen LogP contribution in [0, 0.1) is 11.7 Å². The second-order valence-electron chi connectivity index (χ2n) is 4.83. The summed E-state index contributed by atoms with van der Waals surface area (Å²) in [5.74, 6) is -1.46. The molecule has 1 aromatic heterocycles. The van der Waals surface area contributed by atoms with E-state index in [9.17, 15) is 14.0 Å². The van der Waals surface area contributed by atoms with E-state index in [-0.39, 0.29) is 29.8 Å². The zero-order valence-electron chi connectivity index (χ0n) is 11.3. The van der Waals surface area contributed by atoms with Crippen molar-refractivity contribution in [2.24, 2.45) is 5.92 Å². The molecule has 0 spiro atoms. The van der Waals surface area contributed by atoms with Crippen LogP contribution in [0.2, 0.25) is 5.02 Å². The molecule has 1 atom stereocenters. The molecule has 5 nitrogen and oxygen atoms in total. The van der Waals surface area contributed by atoms with Crippen molar-refractivity contribution in [1.82, 2.24) is 4.98 Å². The molecule has 8 heteroatoms. The third-order valence-corrected chi connectivity index (χ3v) is 4.35. The van der Waals surface area contributed by atoms with Gasteiger partial charge < -0.3 is 10.2 Å². The van der Waals surface area contributed by atoms with Crippen LogP contribution < -0.4 is 10.2 Å². The molecule has 1 aromatic carbocycles. The zero-order valence-corrected chi connectivity index (χ0v) is 12.8. The molecule has 2 heterocycles. The van der Waals surface area contributed by atoms with Crippen LogP contribution >= 0.6 is 22.9 Å². The van der Waals surface area contributed by atoms with Gasteiger partial charge in [0, 0.05) is 30.2 Å². The minimum absolute atomic E-state index is 0.0546. The minimum Gasteiger partial charge on any atom is -0.312 e. The van der Waals surface area contributed by atoms with Crippen LogP contribution in [0.3, 0.4) is 0 Å². The van der Waals surface area contributed by atoms with E-state index in [4.69, 9.17) is 11.6 Å². The van der Waals surface area contributed by atoms with Crippen LogP contribution in [-0.2, 0) is 9.59 Å². The van der Waals surface area contributed by atoms with E-state index in [2.05, 4.69) is 10.3 Å². The Morgan fingerprint density at radius 2 is 2.32 bits per heavy atom. The fourth-order valence-corrected chi connectivity index (χ4v) is 2.98. The molecule has 1 fully saturated rings. The molecule has 114 valence electrons. The molecular formula is C14H11ClFN3O2S.